The number of carbonyl (C=O) groups excluding carboxylic acids is 1. The van der Waals surface area contributed by atoms with Gasteiger partial charge in [0, 0.05) is 5.56 Å². The van der Waals surface area contributed by atoms with Crippen molar-refractivity contribution in [2.24, 2.45) is 4.99 Å². The fourth-order valence-corrected chi connectivity index (χ4v) is 7.63. The number of esters is 1. The second-order valence-electron chi connectivity index (χ2n) is 8.91. The molecule has 0 saturated carbocycles. The molecule has 1 aliphatic rings. The Bertz CT molecular complexity index is 1790. The number of halogens is 3. The third-order valence-corrected chi connectivity index (χ3v) is 8.87. The van der Waals surface area contributed by atoms with Crippen LogP contribution < -0.4 is 19.6 Å². The van der Waals surface area contributed by atoms with Crippen LogP contribution in [0.1, 0.15) is 36.6 Å². The van der Waals surface area contributed by atoms with Crippen LogP contribution >= 0.6 is 56.5 Å². The van der Waals surface area contributed by atoms with E-state index >= 15 is 0 Å². The van der Waals surface area contributed by atoms with Crippen molar-refractivity contribution >= 4 is 68.6 Å². The van der Waals surface area contributed by atoms with Gasteiger partial charge >= 0.3 is 5.97 Å². The van der Waals surface area contributed by atoms with E-state index in [2.05, 4.69) is 50.2 Å². The van der Waals surface area contributed by atoms with Crippen molar-refractivity contribution in [1.82, 2.24) is 4.57 Å². The van der Waals surface area contributed by atoms with Gasteiger partial charge in [0.25, 0.3) is 5.56 Å². The van der Waals surface area contributed by atoms with Crippen LogP contribution in [0.3, 0.4) is 0 Å². The number of aromatic nitrogens is 1. The predicted molar refractivity (Wildman–Crippen MR) is 169 cm³/mol. The summed E-state index contributed by atoms with van der Waals surface area (Å²) in [6, 6.07) is 19.1. The summed E-state index contributed by atoms with van der Waals surface area (Å²) in [5, 5.41) is 0. The molecule has 0 spiro atoms. The van der Waals surface area contributed by atoms with Crippen LogP contribution in [-0.2, 0) is 16.1 Å². The number of fused-ring (bicyclic) bond motifs is 1. The summed E-state index contributed by atoms with van der Waals surface area (Å²) in [6.07, 6.45) is 1.82. The fraction of sp³-hybridized carbons (Fsp3) is 0.167. The number of hydrogen-bond donors (Lipinski definition) is 0. The summed E-state index contributed by atoms with van der Waals surface area (Å²) in [5.41, 5.74) is 2.73. The van der Waals surface area contributed by atoms with Crippen molar-refractivity contribution in [3.8, 4) is 5.75 Å². The van der Waals surface area contributed by atoms with Crippen LogP contribution in [0, 0.1) is 13.0 Å². The lowest BCUT2D eigenvalue weighted by atomic mass is 9.96. The van der Waals surface area contributed by atoms with Gasteiger partial charge in [-0.25, -0.2) is 14.2 Å². The first-order valence-corrected chi connectivity index (χ1v) is 15.4. The largest absolute Gasteiger partial charge is 0.487 e. The molecule has 2 heterocycles. The van der Waals surface area contributed by atoms with E-state index in [1.54, 1.807) is 36.6 Å². The zero-order chi connectivity index (χ0) is 28.4. The van der Waals surface area contributed by atoms with Crippen molar-refractivity contribution < 1.29 is 18.7 Å². The van der Waals surface area contributed by atoms with Crippen LogP contribution in [0.2, 0.25) is 0 Å². The fourth-order valence-electron chi connectivity index (χ4n) is 4.46. The highest BCUT2D eigenvalue weighted by Crippen LogP contribution is 2.32. The highest BCUT2D eigenvalue weighted by molar-refractivity contribution is 14.1. The highest BCUT2D eigenvalue weighted by Gasteiger charge is 2.33. The van der Waals surface area contributed by atoms with E-state index in [0.717, 1.165) is 18.3 Å². The van der Waals surface area contributed by atoms with Crippen molar-refractivity contribution in [1.29, 1.82) is 0 Å². The molecule has 0 bridgehead atoms. The van der Waals surface area contributed by atoms with Crippen LogP contribution in [0.25, 0.3) is 6.08 Å². The minimum absolute atomic E-state index is 0.109. The molecule has 0 unspecified atom stereocenters. The maximum atomic E-state index is 14.0. The second-order valence-corrected chi connectivity index (χ2v) is 12.2. The van der Waals surface area contributed by atoms with E-state index in [1.165, 1.54) is 17.4 Å². The smallest absolute Gasteiger partial charge is 0.338 e. The van der Waals surface area contributed by atoms with E-state index < -0.39 is 12.0 Å². The third-order valence-electron chi connectivity index (χ3n) is 6.28. The van der Waals surface area contributed by atoms with E-state index in [9.17, 15) is 14.0 Å². The van der Waals surface area contributed by atoms with Crippen molar-refractivity contribution in [3.63, 3.8) is 0 Å². The first kappa shape index (κ1) is 28.7. The Hall–Kier alpha value is -2.84. The van der Waals surface area contributed by atoms with E-state index in [1.807, 2.05) is 48.5 Å². The Morgan fingerprint density at radius 3 is 2.45 bits per heavy atom. The quantitative estimate of drug-likeness (QED) is 0.178. The number of ether oxygens (including phenoxy) is 2. The molecule has 0 aliphatic carbocycles. The molecule has 1 aliphatic heterocycles. The molecule has 204 valence electrons. The van der Waals surface area contributed by atoms with Gasteiger partial charge in [-0.15, -0.1) is 0 Å². The van der Waals surface area contributed by atoms with Gasteiger partial charge in [0.1, 0.15) is 18.2 Å². The standard InChI is InChI=1S/C30H23FI2N2O4S/c1-3-38-29(37)25-17(2)34-30-35(26(25)19-9-5-4-6-10-19)28(36)24(40-30)15-18-13-22(32)27(23(33)14-18)39-16-20-11-7-8-12-21(20)31/h4-15,26H,3,16H2,1-2H3/b24-15+/t26-/m1/s1. The van der Waals surface area contributed by atoms with E-state index in [0.29, 0.717) is 31.9 Å². The molecule has 0 amide bonds. The molecular formula is C30H23FI2N2O4S. The summed E-state index contributed by atoms with van der Waals surface area (Å²) in [6.45, 7) is 3.85. The molecule has 3 aromatic carbocycles. The molecule has 4 aromatic rings. The van der Waals surface area contributed by atoms with Gasteiger partial charge in [0.05, 0.1) is 35.6 Å². The Labute approximate surface area is 261 Å². The van der Waals surface area contributed by atoms with Crippen molar-refractivity contribution in [2.75, 3.05) is 6.61 Å². The number of nitrogens with zero attached hydrogens (tertiary/aromatic N) is 2. The second kappa shape index (κ2) is 12.4. The lowest BCUT2D eigenvalue weighted by molar-refractivity contribution is -0.139. The Morgan fingerprint density at radius 2 is 1.77 bits per heavy atom. The highest BCUT2D eigenvalue weighted by atomic mass is 127. The first-order chi connectivity index (χ1) is 19.3. The normalized spacial score (nSPS) is 15.0. The number of rotatable bonds is 7. The van der Waals surface area contributed by atoms with Gasteiger partial charge in [0.15, 0.2) is 4.80 Å². The number of benzene rings is 3. The summed E-state index contributed by atoms with van der Waals surface area (Å²) >= 11 is 5.64. The number of carbonyl (C=O) groups is 1. The molecule has 0 saturated heterocycles. The SMILES string of the molecule is CCOC(=O)C1=C(C)N=c2s/c(=C/c3cc(I)c(OCc4ccccc4F)c(I)c3)c(=O)n2[C@@H]1c1ccccc1. The minimum Gasteiger partial charge on any atom is -0.487 e. The topological polar surface area (TPSA) is 69.9 Å². The zero-order valence-electron chi connectivity index (χ0n) is 21.5. The van der Waals surface area contributed by atoms with Gasteiger partial charge in [0.2, 0.25) is 0 Å². The molecule has 5 rings (SSSR count). The Kier molecular flexibility index (Phi) is 8.86. The predicted octanol–water partition coefficient (Wildman–Crippen LogP) is 5.73. The third kappa shape index (κ3) is 5.79. The maximum absolute atomic E-state index is 14.0. The molecule has 6 nitrogen and oxygen atoms in total. The maximum Gasteiger partial charge on any atom is 0.338 e. The van der Waals surface area contributed by atoms with Gasteiger partial charge in [-0.2, -0.15) is 0 Å². The van der Waals surface area contributed by atoms with Crippen molar-refractivity contribution in [3.05, 3.63) is 127 Å². The lowest BCUT2D eigenvalue weighted by Gasteiger charge is -2.24. The molecule has 0 fully saturated rings. The minimum atomic E-state index is -0.645. The molecule has 40 heavy (non-hydrogen) atoms. The zero-order valence-corrected chi connectivity index (χ0v) is 26.6. The van der Waals surface area contributed by atoms with Gasteiger partial charge in [-0.1, -0.05) is 59.9 Å². The average Bonchev–Trinajstić information content (AvgIpc) is 3.23. The van der Waals surface area contributed by atoms with E-state index in [-0.39, 0.29) is 24.6 Å². The molecule has 0 radical (unpaired) electrons. The van der Waals surface area contributed by atoms with Gasteiger partial charge < -0.3 is 9.47 Å². The molecule has 1 atom stereocenters. The first-order valence-electron chi connectivity index (χ1n) is 12.4. The van der Waals surface area contributed by atoms with E-state index in [4.69, 9.17) is 9.47 Å². The Balaban J connectivity index is 1.55. The molecule has 0 N–H and O–H groups in total. The lowest BCUT2D eigenvalue weighted by Crippen LogP contribution is -2.39. The average molecular weight is 780 g/mol. The number of hydrogen-bond acceptors (Lipinski definition) is 6. The molecule has 1 aromatic heterocycles. The Morgan fingerprint density at radius 1 is 1.10 bits per heavy atom. The summed E-state index contributed by atoms with van der Waals surface area (Å²) < 4.78 is 29.1. The molecule has 10 heteroatoms. The van der Waals surface area contributed by atoms with Crippen LogP contribution in [0.4, 0.5) is 4.39 Å². The summed E-state index contributed by atoms with van der Waals surface area (Å²) in [5.74, 6) is -0.140. The van der Waals surface area contributed by atoms with Crippen molar-refractivity contribution in [2.45, 2.75) is 26.5 Å². The summed E-state index contributed by atoms with van der Waals surface area (Å²) in [4.78, 5) is 31.9. The summed E-state index contributed by atoms with van der Waals surface area (Å²) in [7, 11) is 0. The monoisotopic (exact) mass is 780 g/mol. The van der Waals surface area contributed by atoms with Crippen LogP contribution in [0.15, 0.2) is 87.8 Å². The number of allylic oxidation sites excluding steroid dienone is 1. The van der Waals surface area contributed by atoms with Gasteiger partial charge in [-0.3, -0.25) is 9.36 Å². The van der Waals surface area contributed by atoms with Crippen LogP contribution in [0.5, 0.6) is 5.75 Å². The van der Waals surface area contributed by atoms with Crippen LogP contribution in [-0.4, -0.2) is 17.1 Å². The van der Waals surface area contributed by atoms with Gasteiger partial charge in [-0.05, 0) is 94.4 Å². The molecular weight excluding hydrogens is 757 g/mol. The number of thiazole rings is 1.